The summed E-state index contributed by atoms with van der Waals surface area (Å²) in [6, 6.07) is 9.83. The van der Waals surface area contributed by atoms with E-state index in [9.17, 15) is 9.59 Å². The third kappa shape index (κ3) is 4.67. The van der Waals surface area contributed by atoms with Crippen LogP contribution in [-0.2, 0) is 16.0 Å². The Morgan fingerprint density at radius 2 is 1.87 bits per heavy atom. The Bertz CT molecular complexity index is 897. The van der Waals surface area contributed by atoms with E-state index >= 15 is 0 Å². The van der Waals surface area contributed by atoms with Crippen molar-refractivity contribution in [3.8, 4) is 0 Å². The molecule has 1 aromatic heterocycles. The number of ether oxygens (including phenoxy) is 1. The van der Waals surface area contributed by atoms with E-state index in [-0.39, 0.29) is 17.7 Å². The summed E-state index contributed by atoms with van der Waals surface area (Å²) in [5.74, 6) is 0.931. The maximum Gasteiger partial charge on any atom is 0.257 e. The van der Waals surface area contributed by atoms with E-state index in [2.05, 4.69) is 9.97 Å². The van der Waals surface area contributed by atoms with Crippen molar-refractivity contribution in [2.45, 2.75) is 32.1 Å². The van der Waals surface area contributed by atoms with Gasteiger partial charge in [-0.2, -0.15) is 0 Å². The van der Waals surface area contributed by atoms with Crippen molar-refractivity contribution in [3.63, 3.8) is 0 Å². The fourth-order valence-electron chi connectivity index (χ4n) is 4.13. The quantitative estimate of drug-likeness (QED) is 0.775. The van der Waals surface area contributed by atoms with Crippen LogP contribution < -0.4 is 0 Å². The highest BCUT2D eigenvalue weighted by Gasteiger charge is 2.28. The predicted octanol–water partition coefficient (Wildman–Crippen LogP) is 2.21. The number of rotatable bonds is 4. The standard InChI is InChI=1S/C23H28N4O3/c1-17-20(23(29)26-10-12-30-13-11-26)15-24-22(25-17)19-8-5-9-27(16-19)21(28)14-18-6-3-2-4-7-18/h2-4,6-7,15,19H,5,8-14,16H2,1H3/t19-/m1/s1. The molecule has 2 aliphatic rings. The molecule has 1 aromatic carbocycles. The van der Waals surface area contributed by atoms with Gasteiger partial charge in [0.1, 0.15) is 5.82 Å². The van der Waals surface area contributed by atoms with Gasteiger partial charge in [-0.25, -0.2) is 9.97 Å². The van der Waals surface area contributed by atoms with Gasteiger partial charge in [0.25, 0.3) is 5.91 Å². The zero-order valence-corrected chi connectivity index (χ0v) is 17.4. The van der Waals surface area contributed by atoms with Gasteiger partial charge in [-0.05, 0) is 25.3 Å². The molecule has 2 aromatic rings. The molecule has 7 heteroatoms. The summed E-state index contributed by atoms with van der Waals surface area (Å²) in [4.78, 5) is 38.4. The number of piperidine rings is 1. The fraction of sp³-hybridized carbons (Fsp3) is 0.478. The van der Waals surface area contributed by atoms with Crippen molar-refractivity contribution in [1.29, 1.82) is 0 Å². The molecule has 0 unspecified atom stereocenters. The molecule has 1 atom stereocenters. The number of morpholine rings is 1. The monoisotopic (exact) mass is 408 g/mol. The minimum absolute atomic E-state index is 0.0364. The van der Waals surface area contributed by atoms with Crippen molar-refractivity contribution in [1.82, 2.24) is 19.8 Å². The predicted molar refractivity (Wildman–Crippen MR) is 112 cm³/mol. The van der Waals surface area contributed by atoms with Crippen molar-refractivity contribution in [3.05, 3.63) is 59.2 Å². The number of amides is 2. The molecule has 3 heterocycles. The first-order valence-corrected chi connectivity index (χ1v) is 10.6. The number of hydrogen-bond donors (Lipinski definition) is 0. The largest absolute Gasteiger partial charge is 0.378 e. The van der Waals surface area contributed by atoms with Crippen LogP contribution in [0.25, 0.3) is 0 Å². The van der Waals surface area contributed by atoms with Crippen LogP contribution >= 0.6 is 0 Å². The van der Waals surface area contributed by atoms with E-state index in [4.69, 9.17) is 4.74 Å². The van der Waals surface area contributed by atoms with E-state index in [1.807, 2.05) is 42.2 Å². The lowest BCUT2D eigenvalue weighted by Gasteiger charge is -2.32. The minimum Gasteiger partial charge on any atom is -0.378 e. The van der Waals surface area contributed by atoms with Crippen molar-refractivity contribution in [2.24, 2.45) is 0 Å². The summed E-state index contributed by atoms with van der Waals surface area (Å²) in [5.41, 5.74) is 2.28. The van der Waals surface area contributed by atoms with E-state index < -0.39 is 0 Å². The molecule has 2 aliphatic heterocycles. The second-order valence-electron chi connectivity index (χ2n) is 7.97. The molecule has 158 valence electrons. The average Bonchev–Trinajstić information content (AvgIpc) is 2.80. The molecular weight excluding hydrogens is 380 g/mol. The summed E-state index contributed by atoms with van der Waals surface area (Å²) >= 11 is 0. The fourth-order valence-corrected chi connectivity index (χ4v) is 4.13. The van der Waals surface area contributed by atoms with E-state index in [1.165, 1.54) is 0 Å². The lowest BCUT2D eigenvalue weighted by Crippen LogP contribution is -2.41. The summed E-state index contributed by atoms with van der Waals surface area (Å²) in [7, 11) is 0. The van der Waals surface area contributed by atoms with E-state index in [0.29, 0.717) is 50.5 Å². The molecule has 7 nitrogen and oxygen atoms in total. The summed E-state index contributed by atoms with van der Waals surface area (Å²) in [5, 5.41) is 0. The summed E-state index contributed by atoms with van der Waals surface area (Å²) in [6.07, 6.45) is 3.95. The zero-order valence-electron chi connectivity index (χ0n) is 17.4. The van der Waals surface area contributed by atoms with Crippen LogP contribution in [0.2, 0.25) is 0 Å². The lowest BCUT2D eigenvalue weighted by atomic mass is 9.96. The molecule has 2 amide bonds. The van der Waals surface area contributed by atoms with Crippen LogP contribution in [0.15, 0.2) is 36.5 Å². The third-order valence-electron chi connectivity index (χ3n) is 5.86. The summed E-state index contributed by atoms with van der Waals surface area (Å²) in [6.45, 7) is 5.59. The molecule has 30 heavy (non-hydrogen) atoms. The maximum atomic E-state index is 12.8. The van der Waals surface area contributed by atoms with E-state index in [0.717, 1.165) is 30.8 Å². The zero-order chi connectivity index (χ0) is 20.9. The molecular formula is C23H28N4O3. The van der Waals surface area contributed by atoms with Crippen molar-refractivity contribution < 1.29 is 14.3 Å². The molecule has 0 N–H and O–H groups in total. The normalized spacial score (nSPS) is 19.6. The van der Waals surface area contributed by atoms with Gasteiger partial charge in [0.15, 0.2) is 0 Å². The van der Waals surface area contributed by atoms with Crippen molar-refractivity contribution in [2.75, 3.05) is 39.4 Å². The number of aryl methyl sites for hydroxylation is 1. The maximum absolute atomic E-state index is 12.8. The second kappa shape index (κ2) is 9.34. The summed E-state index contributed by atoms with van der Waals surface area (Å²) < 4.78 is 5.32. The van der Waals surface area contributed by atoms with Gasteiger partial charge in [0.2, 0.25) is 5.91 Å². The minimum atomic E-state index is -0.0364. The molecule has 2 saturated heterocycles. The highest BCUT2D eigenvalue weighted by molar-refractivity contribution is 5.95. The van der Waals surface area contributed by atoms with E-state index in [1.54, 1.807) is 11.1 Å². The van der Waals surface area contributed by atoms with Crippen LogP contribution in [0.4, 0.5) is 0 Å². The SMILES string of the molecule is Cc1nc([C@@H]2CCCN(C(=O)Cc3ccccc3)C2)ncc1C(=O)N1CCOCC1. The molecule has 0 radical (unpaired) electrons. The van der Waals surface area contributed by atoms with Crippen LogP contribution in [0.3, 0.4) is 0 Å². The van der Waals surface area contributed by atoms with Gasteiger partial charge in [0, 0.05) is 38.3 Å². The van der Waals surface area contributed by atoms with Crippen molar-refractivity contribution >= 4 is 11.8 Å². The Labute approximate surface area is 177 Å². The van der Waals surface area contributed by atoms with Gasteiger partial charge in [-0.1, -0.05) is 30.3 Å². The number of aromatic nitrogens is 2. The van der Waals surface area contributed by atoms with Gasteiger partial charge < -0.3 is 14.5 Å². The molecule has 2 fully saturated rings. The topological polar surface area (TPSA) is 75.6 Å². The number of hydrogen-bond acceptors (Lipinski definition) is 5. The highest BCUT2D eigenvalue weighted by Crippen LogP contribution is 2.25. The molecule has 0 spiro atoms. The first-order chi connectivity index (χ1) is 14.6. The third-order valence-corrected chi connectivity index (χ3v) is 5.86. The number of nitrogens with zero attached hydrogens (tertiary/aromatic N) is 4. The number of carbonyl (C=O) groups is 2. The highest BCUT2D eigenvalue weighted by atomic mass is 16.5. The first kappa shape index (κ1) is 20.5. The smallest absolute Gasteiger partial charge is 0.257 e. The Kier molecular flexibility index (Phi) is 6.38. The van der Waals surface area contributed by atoms with Crippen LogP contribution in [0, 0.1) is 6.92 Å². The Morgan fingerprint density at radius 3 is 2.60 bits per heavy atom. The van der Waals surface area contributed by atoms with Crippen LogP contribution in [0.1, 0.15) is 46.2 Å². The lowest BCUT2D eigenvalue weighted by molar-refractivity contribution is -0.131. The average molecular weight is 409 g/mol. The Balaban J connectivity index is 1.42. The number of benzene rings is 1. The first-order valence-electron chi connectivity index (χ1n) is 10.6. The number of carbonyl (C=O) groups excluding carboxylic acids is 2. The molecule has 0 aliphatic carbocycles. The van der Waals surface area contributed by atoms with Crippen LogP contribution in [0.5, 0.6) is 0 Å². The second-order valence-corrected chi connectivity index (χ2v) is 7.97. The molecule has 0 saturated carbocycles. The van der Waals surface area contributed by atoms with Gasteiger partial charge in [-0.3, -0.25) is 9.59 Å². The van der Waals surface area contributed by atoms with Gasteiger partial charge in [0.05, 0.1) is 30.9 Å². The Hall–Kier alpha value is -2.80. The van der Waals surface area contributed by atoms with Crippen LogP contribution in [-0.4, -0.2) is 71.0 Å². The van der Waals surface area contributed by atoms with Gasteiger partial charge >= 0.3 is 0 Å². The molecule has 0 bridgehead atoms. The Morgan fingerprint density at radius 1 is 1.10 bits per heavy atom. The molecule has 4 rings (SSSR count). The van der Waals surface area contributed by atoms with Gasteiger partial charge in [-0.15, -0.1) is 0 Å². The number of likely N-dealkylation sites (tertiary alicyclic amines) is 1.